The first-order valence-electron chi connectivity index (χ1n) is 13.0. The molecule has 4 aromatic heterocycles. The summed E-state index contributed by atoms with van der Waals surface area (Å²) in [6.45, 7) is 3.77. The van der Waals surface area contributed by atoms with Gasteiger partial charge in [0.05, 0.1) is 35.7 Å². The van der Waals surface area contributed by atoms with Gasteiger partial charge in [0.2, 0.25) is 0 Å². The summed E-state index contributed by atoms with van der Waals surface area (Å²) in [5.41, 5.74) is 11.0. The average molecular weight is 515 g/mol. The van der Waals surface area contributed by atoms with Crippen molar-refractivity contribution in [2.24, 2.45) is 0 Å². The standard InChI is InChI=1S/C27H30N8OS/c28-26-24-25(17-3-8-21-22(14-17)32-23(31-21)15-20-2-1-13-37-20)33-35(27(24)30-16-29-26)19-6-4-18(5-7-19)34-9-11-36-12-10-34/h1-3,8,13-14,16,18-19H,4-7,9-12,15H2,(H,31,32)(H2,28,29,30). The Labute approximate surface area is 218 Å². The SMILES string of the molecule is Nc1ncnc2c1c(-c1ccc3nc(Cc4cccs4)[nH]c3c1)nn2C1CCC(N2CCOCC2)CC1. The predicted octanol–water partition coefficient (Wildman–Crippen LogP) is 4.42. The van der Waals surface area contributed by atoms with Crippen LogP contribution in [0.5, 0.6) is 0 Å². The number of nitrogens with two attached hydrogens (primary N) is 1. The zero-order valence-corrected chi connectivity index (χ0v) is 21.5. The third-order valence-electron chi connectivity index (χ3n) is 7.82. The van der Waals surface area contributed by atoms with Crippen molar-refractivity contribution >= 4 is 39.2 Å². The molecule has 1 aliphatic heterocycles. The lowest BCUT2D eigenvalue weighted by Gasteiger charge is -2.38. The van der Waals surface area contributed by atoms with E-state index < -0.39 is 0 Å². The minimum absolute atomic E-state index is 0.302. The van der Waals surface area contributed by atoms with Gasteiger partial charge in [0, 0.05) is 36.0 Å². The number of ether oxygens (including phenoxy) is 1. The van der Waals surface area contributed by atoms with Gasteiger partial charge in [-0.1, -0.05) is 12.1 Å². The van der Waals surface area contributed by atoms with Gasteiger partial charge >= 0.3 is 0 Å². The van der Waals surface area contributed by atoms with Crippen molar-refractivity contribution < 1.29 is 4.74 Å². The van der Waals surface area contributed by atoms with Crippen LogP contribution in [0.4, 0.5) is 5.82 Å². The number of rotatable bonds is 5. The molecule has 9 nitrogen and oxygen atoms in total. The highest BCUT2D eigenvalue weighted by atomic mass is 32.1. The molecule has 37 heavy (non-hydrogen) atoms. The van der Waals surface area contributed by atoms with Gasteiger partial charge in [-0.3, -0.25) is 4.90 Å². The molecule has 0 atom stereocenters. The van der Waals surface area contributed by atoms with E-state index in [9.17, 15) is 0 Å². The molecule has 0 amide bonds. The highest BCUT2D eigenvalue weighted by molar-refractivity contribution is 7.09. The number of morpholine rings is 1. The fourth-order valence-corrected chi connectivity index (χ4v) is 6.64. The lowest BCUT2D eigenvalue weighted by molar-refractivity contribution is 0.00520. The third kappa shape index (κ3) is 4.28. The van der Waals surface area contributed by atoms with Crippen LogP contribution in [0.15, 0.2) is 42.0 Å². The molecule has 2 fully saturated rings. The Kier molecular flexibility index (Phi) is 5.87. The lowest BCUT2D eigenvalue weighted by atomic mass is 9.90. The largest absolute Gasteiger partial charge is 0.383 e. The molecule has 3 N–H and O–H groups in total. The number of anilines is 1. The van der Waals surface area contributed by atoms with Crippen molar-refractivity contribution in [1.82, 2.24) is 34.6 Å². The van der Waals surface area contributed by atoms with Crippen molar-refractivity contribution in [2.75, 3.05) is 32.0 Å². The molecule has 1 aromatic carbocycles. The highest BCUT2D eigenvalue weighted by Gasteiger charge is 2.30. The van der Waals surface area contributed by atoms with Crippen molar-refractivity contribution in [3.8, 4) is 11.3 Å². The van der Waals surface area contributed by atoms with Crippen molar-refractivity contribution in [3.05, 3.63) is 52.7 Å². The van der Waals surface area contributed by atoms with E-state index in [1.165, 1.54) is 4.88 Å². The van der Waals surface area contributed by atoms with Gasteiger partial charge in [0.25, 0.3) is 0 Å². The number of H-pyrrole nitrogens is 1. The normalized spacial score (nSPS) is 21.2. The summed E-state index contributed by atoms with van der Waals surface area (Å²) < 4.78 is 7.66. The maximum Gasteiger partial charge on any atom is 0.164 e. The summed E-state index contributed by atoms with van der Waals surface area (Å²) in [6.07, 6.45) is 6.83. The molecular formula is C27H30N8OS. The van der Waals surface area contributed by atoms with Gasteiger partial charge in [-0.15, -0.1) is 11.3 Å². The van der Waals surface area contributed by atoms with Crippen LogP contribution in [0.1, 0.15) is 42.4 Å². The molecule has 5 heterocycles. The van der Waals surface area contributed by atoms with Gasteiger partial charge in [-0.05, 0) is 49.3 Å². The van der Waals surface area contributed by atoms with Crippen LogP contribution in [0.2, 0.25) is 0 Å². The highest BCUT2D eigenvalue weighted by Crippen LogP contribution is 2.37. The average Bonchev–Trinajstić information content (AvgIpc) is 3.68. The number of thiophene rings is 1. The van der Waals surface area contributed by atoms with E-state index in [0.29, 0.717) is 17.9 Å². The van der Waals surface area contributed by atoms with Crippen LogP contribution in [0.3, 0.4) is 0 Å². The van der Waals surface area contributed by atoms with E-state index in [0.717, 1.165) is 97.6 Å². The second-order valence-corrected chi connectivity index (χ2v) is 11.1. The van der Waals surface area contributed by atoms with Crippen molar-refractivity contribution in [2.45, 2.75) is 44.2 Å². The summed E-state index contributed by atoms with van der Waals surface area (Å²) in [6, 6.07) is 11.4. The van der Waals surface area contributed by atoms with E-state index in [4.69, 9.17) is 20.6 Å². The number of nitrogen functional groups attached to an aromatic ring is 1. The molecule has 1 saturated carbocycles. The molecule has 1 aliphatic carbocycles. The Hall–Kier alpha value is -3.34. The molecule has 0 radical (unpaired) electrons. The van der Waals surface area contributed by atoms with Crippen LogP contribution in [0, 0.1) is 0 Å². The Morgan fingerprint density at radius 1 is 1.05 bits per heavy atom. The number of hydrogen-bond acceptors (Lipinski definition) is 8. The Bertz CT molecular complexity index is 1530. The molecule has 0 unspecified atom stereocenters. The molecule has 0 spiro atoms. The number of aromatic nitrogens is 6. The van der Waals surface area contributed by atoms with E-state index in [1.54, 1.807) is 17.7 Å². The lowest BCUT2D eigenvalue weighted by Crippen LogP contribution is -2.45. The number of imidazole rings is 1. The fourth-order valence-electron chi connectivity index (χ4n) is 5.93. The van der Waals surface area contributed by atoms with Crippen molar-refractivity contribution in [3.63, 3.8) is 0 Å². The van der Waals surface area contributed by atoms with Gasteiger partial charge in [0.15, 0.2) is 5.65 Å². The zero-order chi connectivity index (χ0) is 24.8. The maximum absolute atomic E-state index is 6.41. The third-order valence-corrected chi connectivity index (χ3v) is 8.69. The molecule has 5 aromatic rings. The van der Waals surface area contributed by atoms with Crippen molar-refractivity contribution in [1.29, 1.82) is 0 Å². The van der Waals surface area contributed by atoms with Gasteiger partial charge < -0.3 is 15.5 Å². The molecule has 7 rings (SSSR count). The smallest absolute Gasteiger partial charge is 0.164 e. The molecule has 10 heteroatoms. The van der Waals surface area contributed by atoms with Gasteiger partial charge in [-0.2, -0.15) is 5.10 Å². The van der Waals surface area contributed by atoms with Crippen LogP contribution >= 0.6 is 11.3 Å². The predicted molar refractivity (Wildman–Crippen MR) is 146 cm³/mol. The Morgan fingerprint density at radius 2 is 1.89 bits per heavy atom. The quantitative estimate of drug-likeness (QED) is 0.357. The number of fused-ring (bicyclic) bond motifs is 2. The van der Waals surface area contributed by atoms with Crippen LogP contribution in [-0.4, -0.2) is 67.0 Å². The van der Waals surface area contributed by atoms with Crippen LogP contribution < -0.4 is 5.73 Å². The van der Waals surface area contributed by atoms with E-state index >= 15 is 0 Å². The van der Waals surface area contributed by atoms with E-state index in [1.807, 2.05) is 0 Å². The number of hydrogen-bond donors (Lipinski definition) is 2. The second-order valence-electron chi connectivity index (χ2n) is 10.0. The van der Waals surface area contributed by atoms with Gasteiger partial charge in [-0.25, -0.2) is 19.6 Å². The maximum atomic E-state index is 6.41. The number of nitrogens with one attached hydrogen (secondary N) is 1. The fraction of sp³-hybridized carbons (Fsp3) is 0.407. The molecular weight excluding hydrogens is 484 g/mol. The second kappa shape index (κ2) is 9.51. The first-order valence-corrected chi connectivity index (χ1v) is 13.9. The molecule has 190 valence electrons. The van der Waals surface area contributed by atoms with Crippen LogP contribution in [0.25, 0.3) is 33.3 Å². The van der Waals surface area contributed by atoms with Crippen LogP contribution in [-0.2, 0) is 11.2 Å². The number of benzene rings is 1. The molecule has 0 bridgehead atoms. The minimum Gasteiger partial charge on any atom is -0.383 e. The summed E-state index contributed by atoms with van der Waals surface area (Å²) >= 11 is 1.75. The number of aromatic amines is 1. The van der Waals surface area contributed by atoms with E-state index in [2.05, 4.69) is 60.2 Å². The zero-order valence-electron chi connectivity index (χ0n) is 20.6. The van der Waals surface area contributed by atoms with E-state index in [-0.39, 0.29) is 0 Å². The van der Waals surface area contributed by atoms with Gasteiger partial charge in [0.1, 0.15) is 23.7 Å². The Balaban J connectivity index is 1.20. The first-order chi connectivity index (χ1) is 18.2. The summed E-state index contributed by atoms with van der Waals surface area (Å²) in [5.74, 6) is 1.43. The monoisotopic (exact) mass is 514 g/mol. The Morgan fingerprint density at radius 3 is 2.70 bits per heavy atom. The molecule has 2 aliphatic rings. The topological polar surface area (TPSA) is 111 Å². The first kappa shape index (κ1) is 22.8. The number of nitrogens with zero attached hydrogens (tertiary/aromatic N) is 6. The minimum atomic E-state index is 0.302. The molecule has 1 saturated heterocycles. The summed E-state index contributed by atoms with van der Waals surface area (Å²) in [7, 11) is 0. The summed E-state index contributed by atoms with van der Waals surface area (Å²) in [4.78, 5) is 21.1. The summed E-state index contributed by atoms with van der Waals surface area (Å²) in [5, 5.41) is 8.05.